The summed E-state index contributed by atoms with van der Waals surface area (Å²) < 4.78 is 14.7. The highest BCUT2D eigenvalue weighted by Crippen LogP contribution is 2.17. The largest absolute Gasteiger partial charge is 0.386 e. The van der Waals surface area contributed by atoms with Crippen LogP contribution < -0.4 is 5.32 Å². The fraction of sp³-hybridized carbons (Fsp3) is 0.176. The van der Waals surface area contributed by atoms with Crippen LogP contribution in [0.3, 0.4) is 0 Å². The van der Waals surface area contributed by atoms with Gasteiger partial charge in [-0.2, -0.15) is 0 Å². The van der Waals surface area contributed by atoms with Crippen LogP contribution in [0.15, 0.2) is 55.0 Å². The lowest BCUT2D eigenvalue weighted by molar-refractivity contribution is 0.0852. The minimum absolute atomic E-state index is 0.302. The Morgan fingerprint density at radius 3 is 2.74 bits per heavy atom. The fourth-order valence-electron chi connectivity index (χ4n) is 2.37. The molecule has 1 aromatic carbocycles. The number of nitrogens with zero attached hydrogens (tertiary/aromatic N) is 2. The summed E-state index contributed by atoms with van der Waals surface area (Å²) in [5.41, 5.74) is 1.68. The van der Waals surface area contributed by atoms with Crippen molar-refractivity contribution >= 4 is 11.6 Å². The molecule has 0 aliphatic heterocycles. The maximum absolute atomic E-state index is 12.9. The maximum Gasteiger partial charge on any atom is 0.251 e. The van der Waals surface area contributed by atoms with Gasteiger partial charge in [0.2, 0.25) is 0 Å². The van der Waals surface area contributed by atoms with Crippen LogP contribution in [0.25, 0.3) is 5.65 Å². The first-order chi connectivity index (χ1) is 11.0. The fourth-order valence-corrected chi connectivity index (χ4v) is 2.37. The minimum Gasteiger partial charge on any atom is -0.386 e. The van der Waals surface area contributed by atoms with E-state index in [0.717, 1.165) is 0 Å². The van der Waals surface area contributed by atoms with E-state index in [0.29, 0.717) is 16.8 Å². The van der Waals surface area contributed by atoms with Gasteiger partial charge in [0.1, 0.15) is 11.5 Å². The van der Waals surface area contributed by atoms with Crippen molar-refractivity contribution < 1.29 is 14.3 Å². The lowest BCUT2D eigenvalue weighted by atomic mass is 10.0. The normalized spacial score (nSPS) is 13.7. The second kappa shape index (κ2) is 6.18. The van der Waals surface area contributed by atoms with Gasteiger partial charge in [0.25, 0.3) is 5.91 Å². The van der Waals surface area contributed by atoms with Gasteiger partial charge in [-0.1, -0.05) is 12.1 Å². The molecule has 0 aliphatic carbocycles. The highest BCUT2D eigenvalue weighted by molar-refractivity contribution is 5.95. The summed E-state index contributed by atoms with van der Waals surface area (Å²) in [7, 11) is 0. The maximum atomic E-state index is 12.9. The summed E-state index contributed by atoms with van der Waals surface area (Å²) >= 11 is 0. The number of fused-ring (bicyclic) bond motifs is 1. The standard InChI is InChI=1S/C17H16FN3O2/c1-11(16(22)12-2-4-14(18)5-3-12)20-17(23)13-6-8-21-9-7-19-15(21)10-13/h2-11,16,22H,1H3,(H,20,23). The molecule has 118 valence electrons. The molecular formula is C17H16FN3O2. The minimum atomic E-state index is -0.922. The first kappa shape index (κ1) is 15.2. The van der Waals surface area contributed by atoms with Gasteiger partial charge in [-0.25, -0.2) is 9.37 Å². The van der Waals surface area contributed by atoms with Crippen LogP contribution >= 0.6 is 0 Å². The van der Waals surface area contributed by atoms with Gasteiger partial charge < -0.3 is 14.8 Å². The molecule has 0 radical (unpaired) electrons. The highest BCUT2D eigenvalue weighted by atomic mass is 19.1. The molecule has 1 amide bonds. The molecule has 5 nitrogen and oxygen atoms in total. The number of hydrogen-bond acceptors (Lipinski definition) is 3. The smallest absolute Gasteiger partial charge is 0.251 e. The molecular weight excluding hydrogens is 297 g/mol. The van der Waals surface area contributed by atoms with Crippen LogP contribution in [0.4, 0.5) is 4.39 Å². The van der Waals surface area contributed by atoms with E-state index in [-0.39, 0.29) is 11.7 Å². The molecule has 2 atom stereocenters. The van der Waals surface area contributed by atoms with Gasteiger partial charge in [-0.15, -0.1) is 0 Å². The third kappa shape index (κ3) is 3.22. The van der Waals surface area contributed by atoms with E-state index >= 15 is 0 Å². The topological polar surface area (TPSA) is 66.6 Å². The number of imidazole rings is 1. The first-order valence-electron chi connectivity index (χ1n) is 7.22. The Bertz CT molecular complexity index is 829. The number of aromatic nitrogens is 2. The zero-order chi connectivity index (χ0) is 16.4. The Labute approximate surface area is 132 Å². The molecule has 2 unspecified atom stereocenters. The summed E-state index contributed by atoms with van der Waals surface area (Å²) in [6, 6.07) is 8.38. The van der Waals surface area contributed by atoms with Gasteiger partial charge in [0, 0.05) is 24.2 Å². The van der Waals surface area contributed by atoms with E-state index in [1.165, 1.54) is 24.3 Å². The van der Waals surface area contributed by atoms with Crippen molar-refractivity contribution in [1.82, 2.24) is 14.7 Å². The average molecular weight is 313 g/mol. The van der Waals surface area contributed by atoms with Crippen LogP contribution in [-0.2, 0) is 0 Å². The Morgan fingerprint density at radius 2 is 2.00 bits per heavy atom. The summed E-state index contributed by atoms with van der Waals surface area (Å²) in [5.74, 6) is -0.671. The van der Waals surface area contributed by atoms with Gasteiger partial charge >= 0.3 is 0 Å². The van der Waals surface area contributed by atoms with E-state index in [1.807, 2.05) is 0 Å². The van der Waals surface area contributed by atoms with Crippen molar-refractivity contribution in [2.24, 2.45) is 0 Å². The van der Waals surface area contributed by atoms with Gasteiger partial charge in [-0.3, -0.25) is 4.79 Å². The van der Waals surface area contributed by atoms with Crippen molar-refractivity contribution in [1.29, 1.82) is 0 Å². The zero-order valence-electron chi connectivity index (χ0n) is 12.5. The quantitative estimate of drug-likeness (QED) is 0.777. The second-order valence-electron chi connectivity index (χ2n) is 5.37. The van der Waals surface area contributed by atoms with Gasteiger partial charge in [0.15, 0.2) is 0 Å². The molecule has 0 bridgehead atoms. The summed E-state index contributed by atoms with van der Waals surface area (Å²) in [6.07, 6.45) is 4.27. The molecule has 23 heavy (non-hydrogen) atoms. The van der Waals surface area contributed by atoms with Crippen molar-refractivity contribution in [3.05, 3.63) is 71.9 Å². The van der Waals surface area contributed by atoms with Crippen LogP contribution in [-0.4, -0.2) is 26.4 Å². The summed E-state index contributed by atoms with van der Waals surface area (Å²) in [5, 5.41) is 13.0. The molecule has 3 rings (SSSR count). The number of pyridine rings is 1. The molecule has 2 heterocycles. The number of halogens is 1. The molecule has 3 aromatic rings. The Morgan fingerprint density at radius 1 is 1.26 bits per heavy atom. The van der Waals surface area contributed by atoms with E-state index in [4.69, 9.17) is 0 Å². The van der Waals surface area contributed by atoms with E-state index in [9.17, 15) is 14.3 Å². The molecule has 2 aromatic heterocycles. The SMILES string of the molecule is CC(NC(=O)c1ccn2ccnc2c1)C(O)c1ccc(F)cc1. The number of carbonyl (C=O) groups excluding carboxylic acids is 1. The average Bonchev–Trinajstić information content (AvgIpc) is 3.02. The number of carbonyl (C=O) groups is 1. The van der Waals surface area contributed by atoms with E-state index in [1.54, 1.807) is 42.0 Å². The van der Waals surface area contributed by atoms with Crippen molar-refractivity contribution in [3.8, 4) is 0 Å². The second-order valence-corrected chi connectivity index (χ2v) is 5.37. The molecule has 6 heteroatoms. The predicted octanol–water partition coefficient (Wildman–Crippen LogP) is 2.33. The number of amides is 1. The van der Waals surface area contributed by atoms with Crippen molar-refractivity contribution in [2.45, 2.75) is 19.1 Å². The van der Waals surface area contributed by atoms with Crippen molar-refractivity contribution in [3.63, 3.8) is 0 Å². The van der Waals surface area contributed by atoms with Crippen LogP contribution in [0.2, 0.25) is 0 Å². The number of benzene rings is 1. The summed E-state index contributed by atoms with van der Waals surface area (Å²) in [6.45, 7) is 1.69. The van der Waals surface area contributed by atoms with Gasteiger partial charge in [0.05, 0.1) is 12.1 Å². The third-order valence-electron chi connectivity index (χ3n) is 3.70. The highest BCUT2D eigenvalue weighted by Gasteiger charge is 2.19. The molecule has 0 spiro atoms. The molecule has 2 N–H and O–H groups in total. The lowest BCUT2D eigenvalue weighted by Gasteiger charge is -2.20. The van der Waals surface area contributed by atoms with E-state index < -0.39 is 12.1 Å². The van der Waals surface area contributed by atoms with Crippen LogP contribution in [0, 0.1) is 5.82 Å². The number of aliphatic hydroxyl groups is 1. The monoisotopic (exact) mass is 313 g/mol. The third-order valence-corrected chi connectivity index (χ3v) is 3.70. The Kier molecular flexibility index (Phi) is 4.08. The Balaban J connectivity index is 1.72. The number of hydrogen-bond donors (Lipinski definition) is 2. The zero-order valence-corrected chi connectivity index (χ0v) is 12.5. The molecule has 0 saturated carbocycles. The predicted molar refractivity (Wildman–Crippen MR) is 83.5 cm³/mol. The van der Waals surface area contributed by atoms with Gasteiger partial charge in [-0.05, 0) is 36.8 Å². The first-order valence-corrected chi connectivity index (χ1v) is 7.22. The molecule has 0 saturated heterocycles. The molecule has 0 aliphatic rings. The number of rotatable bonds is 4. The van der Waals surface area contributed by atoms with E-state index in [2.05, 4.69) is 10.3 Å². The van der Waals surface area contributed by atoms with Crippen LogP contribution in [0.1, 0.15) is 28.9 Å². The van der Waals surface area contributed by atoms with Crippen LogP contribution in [0.5, 0.6) is 0 Å². The summed E-state index contributed by atoms with van der Waals surface area (Å²) in [4.78, 5) is 16.4. The Hall–Kier alpha value is -2.73. The van der Waals surface area contributed by atoms with Crippen molar-refractivity contribution in [2.75, 3.05) is 0 Å². The number of nitrogens with one attached hydrogen (secondary N) is 1. The number of aliphatic hydroxyl groups excluding tert-OH is 1. The molecule has 0 fully saturated rings. The lowest BCUT2D eigenvalue weighted by Crippen LogP contribution is -2.37.